The van der Waals surface area contributed by atoms with Gasteiger partial charge in [-0.25, -0.2) is 0 Å². The van der Waals surface area contributed by atoms with Crippen molar-refractivity contribution in [1.29, 1.82) is 0 Å². The second-order valence-electron chi connectivity index (χ2n) is 4.43. The molecule has 2 heterocycles. The van der Waals surface area contributed by atoms with Gasteiger partial charge in [0.15, 0.2) is 0 Å². The summed E-state index contributed by atoms with van der Waals surface area (Å²) in [6, 6.07) is 3.19. The van der Waals surface area contributed by atoms with E-state index in [-0.39, 0.29) is 24.1 Å². The average molecular weight is 234 g/mol. The van der Waals surface area contributed by atoms with Gasteiger partial charge in [0, 0.05) is 6.20 Å². The number of aliphatic hydroxyl groups is 1. The van der Waals surface area contributed by atoms with Gasteiger partial charge >= 0.3 is 0 Å². The number of hydrogen-bond donors (Lipinski definition) is 1. The predicted molar refractivity (Wildman–Crippen MR) is 60.4 cm³/mol. The molecule has 0 fully saturated rings. The summed E-state index contributed by atoms with van der Waals surface area (Å²) in [5.41, 5.74) is 0.488. The number of pyridine rings is 1. The summed E-state index contributed by atoms with van der Waals surface area (Å²) in [5, 5.41) is 9.73. The maximum Gasteiger partial charge on any atom is 0.280 e. The maximum absolute atomic E-state index is 11.9. The van der Waals surface area contributed by atoms with Crippen molar-refractivity contribution in [3.63, 3.8) is 0 Å². The highest BCUT2D eigenvalue weighted by molar-refractivity contribution is 6.20. The minimum Gasteiger partial charge on any atom is -0.391 e. The van der Waals surface area contributed by atoms with E-state index in [1.165, 1.54) is 6.20 Å². The number of imide groups is 1. The molecule has 1 aliphatic rings. The van der Waals surface area contributed by atoms with Crippen molar-refractivity contribution < 1.29 is 14.7 Å². The summed E-state index contributed by atoms with van der Waals surface area (Å²) in [6.07, 6.45) is 0.768. The number of nitrogens with zero attached hydrogens (tertiary/aromatic N) is 2. The lowest BCUT2D eigenvalue weighted by molar-refractivity contribution is 0.0470. The van der Waals surface area contributed by atoms with Crippen LogP contribution in [-0.2, 0) is 0 Å². The molecule has 1 aromatic rings. The van der Waals surface area contributed by atoms with Crippen LogP contribution in [0.4, 0.5) is 0 Å². The Balaban J connectivity index is 2.25. The zero-order valence-electron chi connectivity index (χ0n) is 9.75. The highest BCUT2D eigenvalue weighted by atomic mass is 16.3. The van der Waals surface area contributed by atoms with E-state index in [2.05, 4.69) is 4.98 Å². The number of fused-ring (bicyclic) bond motifs is 1. The molecule has 0 spiro atoms. The first-order valence-corrected chi connectivity index (χ1v) is 5.51. The van der Waals surface area contributed by atoms with Crippen molar-refractivity contribution >= 4 is 11.8 Å². The lowest BCUT2D eigenvalue weighted by Crippen LogP contribution is -2.38. The third-order valence-corrected chi connectivity index (χ3v) is 2.87. The number of aliphatic hydroxyl groups excluding tert-OH is 1. The van der Waals surface area contributed by atoms with Gasteiger partial charge in [-0.15, -0.1) is 0 Å². The quantitative estimate of drug-likeness (QED) is 0.781. The van der Waals surface area contributed by atoms with E-state index in [0.29, 0.717) is 5.56 Å². The SMILES string of the molecule is CC(C)C(O)CN1C(=O)c2cccnc2C1=O. The maximum atomic E-state index is 11.9. The lowest BCUT2D eigenvalue weighted by Gasteiger charge is -2.20. The van der Waals surface area contributed by atoms with Crippen LogP contribution in [0.15, 0.2) is 18.3 Å². The molecule has 1 N–H and O–H groups in total. The second-order valence-corrected chi connectivity index (χ2v) is 4.43. The van der Waals surface area contributed by atoms with Crippen LogP contribution in [0, 0.1) is 5.92 Å². The Morgan fingerprint density at radius 1 is 1.35 bits per heavy atom. The first-order chi connectivity index (χ1) is 8.02. The molecule has 1 aliphatic heterocycles. The van der Waals surface area contributed by atoms with Gasteiger partial charge in [0.1, 0.15) is 5.69 Å². The Bertz CT molecular complexity index is 436. The average Bonchev–Trinajstić information content (AvgIpc) is 2.55. The van der Waals surface area contributed by atoms with Gasteiger partial charge in [0.05, 0.1) is 18.2 Å². The molecule has 17 heavy (non-hydrogen) atoms. The Morgan fingerprint density at radius 2 is 2.06 bits per heavy atom. The summed E-state index contributed by atoms with van der Waals surface area (Å²) in [6.45, 7) is 3.69. The van der Waals surface area contributed by atoms with Crippen molar-refractivity contribution in [2.45, 2.75) is 20.0 Å². The first kappa shape index (κ1) is 11.7. The molecule has 1 aromatic heterocycles. The molecule has 0 aliphatic carbocycles. The predicted octanol–water partition coefficient (Wildman–Crippen LogP) is 0.695. The molecule has 0 aromatic carbocycles. The number of carbonyl (C=O) groups is 2. The Hall–Kier alpha value is -1.75. The van der Waals surface area contributed by atoms with Crippen molar-refractivity contribution in [3.8, 4) is 0 Å². The van der Waals surface area contributed by atoms with Gasteiger partial charge in [0.25, 0.3) is 11.8 Å². The van der Waals surface area contributed by atoms with Crippen LogP contribution in [0.1, 0.15) is 34.7 Å². The molecule has 0 bridgehead atoms. The monoisotopic (exact) mass is 234 g/mol. The van der Waals surface area contributed by atoms with Gasteiger partial charge < -0.3 is 5.11 Å². The van der Waals surface area contributed by atoms with E-state index < -0.39 is 12.0 Å². The first-order valence-electron chi connectivity index (χ1n) is 5.51. The number of carbonyl (C=O) groups excluding carboxylic acids is 2. The number of amides is 2. The van der Waals surface area contributed by atoms with Crippen molar-refractivity contribution in [1.82, 2.24) is 9.88 Å². The van der Waals surface area contributed by atoms with E-state index in [1.807, 2.05) is 13.8 Å². The molecule has 1 atom stereocenters. The Labute approximate surface area is 99.1 Å². The summed E-state index contributed by atoms with van der Waals surface area (Å²) in [4.78, 5) is 28.8. The van der Waals surface area contributed by atoms with Gasteiger partial charge in [0.2, 0.25) is 0 Å². The fraction of sp³-hybridized carbons (Fsp3) is 0.417. The van der Waals surface area contributed by atoms with Crippen LogP contribution in [0.2, 0.25) is 0 Å². The summed E-state index contributed by atoms with van der Waals surface area (Å²) in [5.74, 6) is -0.810. The van der Waals surface area contributed by atoms with Crippen molar-refractivity contribution in [2.24, 2.45) is 5.92 Å². The smallest absolute Gasteiger partial charge is 0.280 e. The minimum atomic E-state index is -0.711. The van der Waals surface area contributed by atoms with Crippen LogP contribution in [0.5, 0.6) is 0 Å². The van der Waals surface area contributed by atoms with E-state index in [0.717, 1.165) is 4.90 Å². The van der Waals surface area contributed by atoms with E-state index >= 15 is 0 Å². The van der Waals surface area contributed by atoms with E-state index in [9.17, 15) is 14.7 Å². The molecular weight excluding hydrogens is 220 g/mol. The van der Waals surface area contributed by atoms with Crippen molar-refractivity contribution in [2.75, 3.05) is 6.54 Å². The number of β-amino-alcohol motifs (C(OH)–C–C–N with tert-alkyl or cyclic N) is 1. The van der Waals surface area contributed by atoms with Gasteiger partial charge in [-0.2, -0.15) is 0 Å². The second kappa shape index (κ2) is 4.25. The molecule has 1 unspecified atom stereocenters. The molecule has 2 rings (SSSR count). The highest BCUT2D eigenvalue weighted by Crippen LogP contribution is 2.21. The standard InChI is InChI=1S/C12H14N2O3/c1-7(2)9(15)6-14-11(16)8-4-3-5-13-10(8)12(14)17/h3-5,7,9,15H,6H2,1-2H3. The molecule has 2 amide bonds. The van der Waals surface area contributed by atoms with Crippen LogP contribution in [-0.4, -0.2) is 39.5 Å². The third kappa shape index (κ3) is 1.93. The summed E-state index contributed by atoms with van der Waals surface area (Å²) >= 11 is 0. The van der Waals surface area contributed by atoms with Gasteiger partial charge in [-0.1, -0.05) is 13.8 Å². The largest absolute Gasteiger partial charge is 0.391 e. The fourth-order valence-electron chi connectivity index (χ4n) is 1.68. The summed E-state index contributed by atoms with van der Waals surface area (Å²) < 4.78 is 0. The van der Waals surface area contributed by atoms with E-state index in [1.54, 1.807) is 12.1 Å². The Kier molecular flexibility index (Phi) is 2.93. The normalized spacial score (nSPS) is 16.6. The lowest BCUT2D eigenvalue weighted by atomic mass is 10.1. The minimum absolute atomic E-state index is 0.00716. The molecule has 0 saturated heterocycles. The molecule has 5 heteroatoms. The molecule has 5 nitrogen and oxygen atoms in total. The Morgan fingerprint density at radius 3 is 2.65 bits per heavy atom. The third-order valence-electron chi connectivity index (χ3n) is 2.87. The van der Waals surface area contributed by atoms with Crippen LogP contribution in [0.25, 0.3) is 0 Å². The van der Waals surface area contributed by atoms with E-state index in [4.69, 9.17) is 0 Å². The number of hydrogen-bond acceptors (Lipinski definition) is 4. The van der Waals surface area contributed by atoms with Gasteiger partial charge in [-0.3, -0.25) is 19.5 Å². The van der Waals surface area contributed by atoms with Crippen molar-refractivity contribution in [3.05, 3.63) is 29.6 Å². The molecular formula is C12H14N2O3. The molecule has 0 saturated carbocycles. The van der Waals surface area contributed by atoms with Gasteiger partial charge in [-0.05, 0) is 18.1 Å². The number of rotatable bonds is 3. The topological polar surface area (TPSA) is 70.5 Å². The van der Waals surface area contributed by atoms with Crippen LogP contribution < -0.4 is 0 Å². The molecule has 0 radical (unpaired) electrons. The zero-order chi connectivity index (χ0) is 12.6. The summed E-state index contributed by atoms with van der Waals surface area (Å²) in [7, 11) is 0. The zero-order valence-corrected chi connectivity index (χ0v) is 9.75. The van der Waals surface area contributed by atoms with Crippen LogP contribution >= 0.6 is 0 Å². The highest BCUT2D eigenvalue weighted by Gasteiger charge is 2.37. The number of aromatic nitrogens is 1. The van der Waals surface area contributed by atoms with Crippen LogP contribution in [0.3, 0.4) is 0 Å². The fourth-order valence-corrected chi connectivity index (χ4v) is 1.68. The molecule has 90 valence electrons.